The largest absolute Gasteiger partial charge is 0.402 e. The second-order valence-corrected chi connectivity index (χ2v) is 6.50. The van der Waals surface area contributed by atoms with Crippen molar-refractivity contribution in [1.82, 2.24) is 10.0 Å². The number of nitrogens with one attached hydrogen (secondary N) is 2. The molecule has 4 nitrogen and oxygen atoms in total. The molecule has 0 saturated heterocycles. The van der Waals surface area contributed by atoms with Crippen LogP contribution >= 0.6 is 0 Å². The van der Waals surface area contributed by atoms with Gasteiger partial charge in [-0.2, -0.15) is 13.2 Å². The monoisotopic (exact) mass is 328 g/mol. The lowest BCUT2D eigenvalue weighted by Crippen LogP contribution is -2.33. The van der Waals surface area contributed by atoms with Crippen LogP contribution in [0.3, 0.4) is 0 Å². The molecule has 0 spiro atoms. The van der Waals surface area contributed by atoms with Crippen molar-refractivity contribution in [3.05, 3.63) is 29.6 Å². The summed E-state index contributed by atoms with van der Waals surface area (Å²) >= 11 is 0. The zero-order valence-electron chi connectivity index (χ0n) is 11.5. The molecule has 9 heteroatoms. The Labute approximate surface area is 120 Å². The number of halogens is 4. The van der Waals surface area contributed by atoms with E-state index in [1.54, 1.807) is 0 Å². The van der Waals surface area contributed by atoms with Crippen molar-refractivity contribution >= 4 is 10.0 Å². The minimum Gasteiger partial charge on any atom is -0.310 e. The highest BCUT2D eigenvalue weighted by Crippen LogP contribution is 2.18. The van der Waals surface area contributed by atoms with Crippen LogP contribution in [0.1, 0.15) is 19.4 Å². The summed E-state index contributed by atoms with van der Waals surface area (Å²) in [6, 6.07) is 2.91. The zero-order valence-corrected chi connectivity index (χ0v) is 12.3. The van der Waals surface area contributed by atoms with E-state index >= 15 is 0 Å². The molecular formula is C12H16F4N2O2S. The van der Waals surface area contributed by atoms with Gasteiger partial charge in [-0.15, -0.1) is 0 Å². The van der Waals surface area contributed by atoms with Crippen molar-refractivity contribution < 1.29 is 26.0 Å². The van der Waals surface area contributed by atoms with Gasteiger partial charge in [-0.3, -0.25) is 0 Å². The third-order valence-corrected chi connectivity index (χ3v) is 3.89. The minimum atomic E-state index is -4.66. The summed E-state index contributed by atoms with van der Waals surface area (Å²) in [7, 11) is -4.34. The highest BCUT2D eigenvalue weighted by molar-refractivity contribution is 7.89. The predicted molar refractivity (Wildman–Crippen MR) is 69.6 cm³/mol. The molecule has 0 unspecified atom stereocenters. The van der Waals surface area contributed by atoms with Gasteiger partial charge in [0.15, 0.2) is 0 Å². The molecule has 0 aliphatic carbocycles. The van der Waals surface area contributed by atoms with Crippen LogP contribution in [0.15, 0.2) is 23.1 Å². The molecule has 0 aliphatic heterocycles. The van der Waals surface area contributed by atoms with Gasteiger partial charge in [0, 0.05) is 18.2 Å². The van der Waals surface area contributed by atoms with Gasteiger partial charge in [-0.25, -0.2) is 17.5 Å². The van der Waals surface area contributed by atoms with Gasteiger partial charge in [0.2, 0.25) is 10.0 Å². The molecule has 1 rings (SSSR count). The average molecular weight is 328 g/mol. The number of alkyl halides is 3. The van der Waals surface area contributed by atoms with Gasteiger partial charge in [-0.1, -0.05) is 13.8 Å². The molecule has 0 amide bonds. The maximum atomic E-state index is 13.5. The maximum absolute atomic E-state index is 13.5. The van der Waals surface area contributed by atoms with Crippen LogP contribution in [-0.2, 0) is 16.6 Å². The molecule has 1 aromatic carbocycles. The Morgan fingerprint density at radius 1 is 1.24 bits per heavy atom. The van der Waals surface area contributed by atoms with Crippen LogP contribution in [-0.4, -0.2) is 27.2 Å². The van der Waals surface area contributed by atoms with E-state index < -0.39 is 33.5 Å². The van der Waals surface area contributed by atoms with Crippen molar-refractivity contribution in [2.75, 3.05) is 6.54 Å². The van der Waals surface area contributed by atoms with Crippen LogP contribution in [0.5, 0.6) is 0 Å². The van der Waals surface area contributed by atoms with E-state index in [1.807, 2.05) is 13.8 Å². The maximum Gasteiger partial charge on any atom is 0.402 e. The summed E-state index contributed by atoms with van der Waals surface area (Å²) in [5.41, 5.74) is 0.0681. The summed E-state index contributed by atoms with van der Waals surface area (Å²) < 4.78 is 74.6. The van der Waals surface area contributed by atoms with Crippen molar-refractivity contribution in [2.45, 2.75) is 37.5 Å². The SMILES string of the molecule is CC(C)NCc1cc(S(=O)(=O)NCC(F)(F)F)ccc1F. The van der Waals surface area contributed by atoms with Crippen LogP contribution < -0.4 is 10.0 Å². The van der Waals surface area contributed by atoms with Gasteiger partial charge >= 0.3 is 6.18 Å². The van der Waals surface area contributed by atoms with E-state index in [-0.39, 0.29) is 18.2 Å². The fraction of sp³-hybridized carbons (Fsp3) is 0.500. The first-order valence-electron chi connectivity index (χ1n) is 6.09. The highest BCUT2D eigenvalue weighted by atomic mass is 32.2. The summed E-state index contributed by atoms with van der Waals surface area (Å²) in [5, 5.41) is 2.90. The first kappa shape index (κ1) is 17.9. The Morgan fingerprint density at radius 2 is 1.86 bits per heavy atom. The Morgan fingerprint density at radius 3 is 2.38 bits per heavy atom. The Hall–Kier alpha value is -1.19. The minimum absolute atomic E-state index is 0.0491. The molecule has 0 aromatic heterocycles. The fourth-order valence-electron chi connectivity index (χ4n) is 1.43. The second-order valence-electron chi connectivity index (χ2n) is 4.73. The molecule has 21 heavy (non-hydrogen) atoms. The van der Waals surface area contributed by atoms with Crippen LogP contribution in [0.2, 0.25) is 0 Å². The van der Waals surface area contributed by atoms with Gasteiger partial charge < -0.3 is 5.32 Å². The quantitative estimate of drug-likeness (QED) is 0.787. The van der Waals surface area contributed by atoms with Crippen molar-refractivity contribution in [3.8, 4) is 0 Å². The van der Waals surface area contributed by atoms with Gasteiger partial charge in [0.25, 0.3) is 0 Å². The first-order valence-corrected chi connectivity index (χ1v) is 7.58. The first-order chi connectivity index (χ1) is 9.51. The van der Waals surface area contributed by atoms with E-state index in [9.17, 15) is 26.0 Å². The number of sulfonamides is 1. The van der Waals surface area contributed by atoms with Crippen molar-refractivity contribution in [1.29, 1.82) is 0 Å². The van der Waals surface area contributed by atoms with Crippen LogP contribution in [0.4, 0.5) is 17.6 Å². The lowest BCUT2D eigenvalue weighted by Gasteiger charge is -2.12. The summed E-state index contributed by atoms with van der Waals surface area (Å²) in [4.78, 5) is -0.409. The second kappa shape index (κ2) is 6.71. The van der Waals surface area contributed by atoms with Crippen molar-refractivity contribution in [3.63, 3.8) is 0 Å². The van der Waals surface area contributed by atoms with E-state index in [0.717, 1.165) is 18.2 Å². The summed E-state index contributed by atoms with van der Waals surface area (Å²) in [6.45, 7) is 2.05. The molecule has 0 radical (unpaired) electrons. The number of hydrogen-bond donors (Lipinski definition) is 2. The van der Waals surface area contributed by atoms with E-state index in [2.05, 4.69) is 5.32 Å². The highest BCUT2D eigenvalue weighted by Gasteiger charge is 2.30. The third kappa shape index (κ3) is 5.98. The molecule has 0 heterocycles. The predicted octanol–water partition coefficient (Wildman–Crippen LogP) is 2.16. The van der Waals surface area contributed by atoms with Gasteiger partial charge in [-0.05, 0) is 18.2 Å². The molecule has 0 bridgehead atoms. The normalized spacial score (nSPS) is 12.9. The zero-order chi connectivity index (χ0) is 16.3. The molecule has 0 saturated carbocycles. The lowest BCUT2D eigenvalue weighted by atomic mass is 10.2. The molecule has 0 atom stereocenters. The molecule has 2 N–H and O–H groups in total. The molecular weight excluding hydrogens is 312 g/mol. The summed E-state index contributed by atoms with van der Waals surface area (Å²) in [6.07, 6.45) is -4.66. The average Bonchev–Trinajstić information content (AvgIpc) is 2.34. The van der Waals surface area contributed by atoms with E-state index in [0.29, 0.717) is 0 Å². The number of hydrogen-bond acceptors (Lipinski definition) is 3. The Kier molecular flexibility index (Phi) is 5.71. The standard InChI is InChI=1S/C12H16F4N2O2S/c1-8(2)17-6-9-5-10(3-4-11(9)13)21(19,20)18-7-12(14,15)16/h3-5,8,17-18H,6-7H2,1-2H3. The van der Waals surface area contributed by atoms with Crippen molar-refractivity contribution in [2.24, 2.45) is 0 Å². The topological polar surface area (TPSA) is 58.2 Å². The third-order valence-electron chi connectivity index (χ3n) is 2.49. The Balaban J connectivity index is 2.94. The van der Waals surface area contributed by atoms with Crippen LogP contribution in [0.25, 0.3) is 0 Å². The van der Waals surface area contributed by atoms with Crippen LogP contribution in [0, 0.1) is 5.82 Å². The van der Waals surface area contributed by atoms with Gasteiger partial charge in [0.1, 0.15) is 12.4 Å². The van der Waals surface area contributed by atoms with E-state index in [4.69, 9.17) is 0 Å². The molecule has 1 aromatic rings. The molecule has 0 fully saturated rings. The molecule has 0 aliphatic rings. The fourth-order valence-corrected chi connectivity index (χ4v) is 2.49. The van der Waals surface area contributed by atoms with Gasteiger partial charge in [0.05, 0.1) is 4.90 Å². The Bertz CT molecular complexity index is 585. The summed E-state index contributed by atoms with van der Waals surface area (Å²) in [5.74, 6) is -0.627. The smallest absolute Gasteiger partial charge is 0.310 e. The number of rotatable bonds is 6. The number of benzene rings is 1. The van der Waals surface area contributed by atoms with E-state index in [1.165, 1.54) is 4.72 Å². The molecule has 120 valence electrons. The lowest BCUT2D eigenvalue weighted by molar-refractivity contribution is -0.121.